The minimum absolute atomic E-state index is 0.0445. The number of carbonyl (C=O) groups excluding carboxylic acids is 2. The summed E-state index contributed by atoms with van der Waals surface area (Å²) in [6.45, 7) is 3.74. The Bertz CT molecular complexity index is 1260. The number of methoxy groups -OCH3 is 2. The van der Waals surface area contributed by atoms with Crippen LogP contribution in [0.2, 0.25) is 5.02 Å². The van der Waals surface area contributed by atoms with Gasteiger partial charge in [0.1, 0.15) is 17.3 Å². The molecule has 0 spiro atoms. The summed E-state index contributed by atoms with van der Waals surface area (Å²) in [6, 6.07) is 10.8. The fourth-order valence-corrected chi connectivity index (χ4v) is 4.85. The molecule has 1 aromatic heterocycles. The van der Waals surface area contributed by atoms with Crippen LogP contribution in [0.5, 0.6) is 11.5 Å². The number of aliphatic hydroxyl groups excluding tert-OH is 1. The Kier molecular flexibility index (Phi) is 6.14. The molecular formula is C24H21ClN2O5S. The molecule has 2 heterocycles. The average Bonchev–Trinajstić information content (AvgIpc) is 3.28. The van der Waals surface area contributed by atoms with Gasteiger partial charge in [-0.2, -0.15) is 0 Å². The SMILES string of the molecule is COc1ccc(C2/C(=C(\O)c3ccc(OC)c(Cl)c3)C(=O)C(=O)N2c2nc(C)c(C)s2)cc1. The number of Topliss-reactive ketones (excluding diaryl/α,β-unsaturated/α-hetero) is 1. The number of thiazole rings is 1. The second-order valence-corrected chi connectivity index (χ2v) is 9.02. The van der Waals surface area contributed by atoms with Gasteiger partial charge in [0.15, 0.2) is 5.13 Å². The Morgan fingerprint density at radius 2 is 1.79 bits per heavy atom. The van der Waals surface area contributed by atoms with E-state index in [1.54, 1.807) is 43.5 Å². The normalized spacial score (nSPS) is 17.5. The molecule has 1 aliphatic heterocycles. The van der Waals surface area contributed by atoms with E-state index in [4.69, 9.17) is 21.1 Å². The fraction of sp³-hybridized carbons (Fsp3) is 0.208. The molecule has 1 unspecified atom stereocenters. The van der Waals surface area contributed by atoms with Crippen LogP contribution in [0, 0.1) is 13.8 Å². The van der Waals surface area contributed by atoms with Crippen molar-refractivity contribution < 1.29 is 24.2 Å². The number of aliphatic hydroxyl groups is 1. The molecule has 33 heavy (non-hydrogen) atoms. The van der Waals surface area contributed by atoms with Gasteiger partial charge < -0.3 is 14.6 Å². The summed E-state index contributed by atoms with van der Waals surface area (Å²) in [5.41, 5.74) is 1.65. The Labute approximate surface area is 199 Å². The lowest BCUT2D eigenvalue weighted by molar-refractivity contribution is -0.132. The van der Waals surface area contributed by atoms with Crippen molar-refractivity contribution in [1.82, 2.24) is 4.98 Å². The number of anilines is 1. The Morgan fingerprint density at radius 3 is 2.33 bits per heavy atom. The smallest absolute Gasteiger partial charge is 0.301 e. The van der Waals surface area contributed by atoms with E-state index in [0.29, 0.717) is 27.8 Å². The van der Waals surface area contributed by atoms with Crippen LogP contribution in [-0.2, 0) is 9.59 Å². The van der Waals surface area contributed by atoms with Crippen molar-refractivity contribution in [1.29, 1.82) is 0 Å². The number of rotatable bonds is 5. The van der Waals surface area contributed by atoms with Crippen molar-refractivity contribution in [2.45, 2.75) is 19.9 Å². The van der Waals surface area contributed by atoms with Crippen LogP contribution < -0.4 is 14.4 Å². The van der Waals surface area contributed by atoms with E-state index in [-0.39, 0.29) is 16.4 Å². The number of ether oxygens (including phenoxy) is 2. The van der Waals surface area contributed by atoms with Gasteiger partial charge in [-0.1, -0.05) is 23.7 Å². The van der Waals surface area contributed by atoms with Gasteiger partial charge in [-0.3, -0.25) is 14.5 Å². The Morgan fingerprint density at radius 1 is 1.09 bits per heavy atom. The van der Waals surface area contributed by atoms with Gasteiger partial charge >= 0.3 is 5.91 Å². The van der Waals surface area contributed by atoms with Gasteiger partial charge in [0.2, 0.25) is 0 Å². The number of hydrogen-bond acceptors (Lipinski definition) is 7. The zero-order valence-electron chi connectivity index (χ0n) is 18.4. The number of hydrogen-bond donors (Lipinski definition) is 1. The van der Waals surface area contributed by atoms with Crippen molar-refractivity contribution in [2.24, 2.45) is 0 Å². The summed E-state index contributed by atoms with van der Waals surface area (Å²) in [4.78, 5) is 33.1. The van der Waals surface area contributed by atoms with Crippen LogP contribution in [0.15, 0.2) is 48.0 Å². The van der Waals surface area contributed by atoms with E-state index >= 15 is 0 Å². The molecule has 170 valence electrons. The van der Waals surface area contributed by atoms with Crippen LogP contribution in [0.4, 0.5) is 5.13 Å². The van der Waals surface area contributed by atoms with E-state index in [9.17, 15) is 14.7 Å². The second kappa shape index (κ2) is 8.88. The first-order valence-electron chi connectivity index (χ1n) is 9.99. The van der Waals surface area contributed by atoms with Crippen LogP contribution in [-0.4, -0.2) is 36.0 Å². The monoisotopic (exact) mass is 484 g/mol. The number of benzene rings is 2. The molecule has 9 heteroatoms. The van der Waals surface area contributed by atoms with Crippen molar-refractivity contribution in [3.05, 3.63) is 74.8 Å². The van der Waals surface area contributed by atoms with Gasteiger partial charge in [-0.25, -0.2) is 4.98 Å². The standard InChI is InChI=1S/C24H21ClN2O5S/c1-12-13(2)33-24(26-12)27-20(14-5-8-16(31-3)9-6-14)19(22(29)23(27)30)21(28)15-7-10-18(32-4)17(25)11-15/h5-11,20,28H,1-4H3/b21-19+. The molecule has 0 radical (unpaired) electrons. The number of aromatic nitrogens is 1. The summed E-state index contributed by atoms with van der Waals surface area (Å²) < 4.78 is 10.4. The highest BCUT2D eigenvalue weighted by atomic mass is 35.5. The molecule has 4 rings (SSSR count). The van der Waals surface area contributed by atoms with E-state index in [1.807, 2.05) is 13.8 Å². The Hall–Kier alpha value is -3.36. The maximum atomic E-state index is 13.2. The average molecular weight is 485 g/mol. The third kappa shape index (κ3) is 3.96. The number of amides is 1. The third-order valence-electron chi connectivity index (χ3n) is 5.52. The van der Waals surface area contributed by atoms with E-state index in [2.05, 4.69) is 4.98 Å². The molecule has 3 aromatic rings. The third-order valence-corrected chi connectivity index (χ3v) is 6.89. The molecule has 1 saturated heterocycles. The molecular weight excluding hydrogens is 464 g/mol. The molecule has 1 atom stereocenters. The van der Waals surface area contributed by atoms with Crippen molar-refractivity contribution >= 4 is 45.5 Å². The lowest BCUT2D eigenvalue weighted by atomic mass is 9.95. The summed E-state index contributed by atoms with van der Waals surface area (Å²) in [6.07, 6.45) is 0. The lowest BCUT2D eigenvalue weighted by Gasteiger charge is -2.23. The van der Waals surface area contributed by atoms with Crippen molar-refractivity contribution in [2.75, 3.05) is 19.1 Å². The molecule has 7 nitrogen and oxygen atoms in total. The highest BCUT2D eigenvalue weighted by Gasteiger charge is 2.48. The van der Waals surface area contributed by atoms with Crippen LogP contribution in [0.25, 0.3) is 5.76 Å². The molecule has 2 aromatic carbocycles. The van der Waals surface area contributed by atoms with E-state index < -0.39 is 17.7 Å². The first kappa shape index (κ1) is 22.8. The molecule has 1 fully saturated rings. The van der Waals surface area contributed by atoms with Crippen molar-refractivity contribution in [3.8, 4) is 11.5 Å². The van der Waals surface area contributed by atoms with E-state index in [1.165, 1.54) is 29.4 Å². The highest BCUT2D eigenvalue weighted by molar-refractivity contribution is 7.16. The number of nitrogens with zero attached hydrogens (tertiary/aromatic N) is 2. The first-order chi connectivity index (χ1) is 15.8. The largest absolute Gasteiger partial charge is 0.507 e. The predicted octanol–water partition coefficient (Wildman–Crippen LogP) is 5.06. The predicted molar refractivity (Wildman–Crippen MR) is 127 cm³/mol. The molecule has 0 saturated carbocycles. The van der Waals surface area contributed by atoms with Crippen LogP contribution in [0.3, 0.4) is 0 Å². The molecule has 1 N–H and O–H groups in total. The maximum Gasteiger partial charge on any atom is 0.301 e. The summed E-state index contributed by atoms with van der Waals surface area (Å²) >= 11 is 7.55. The topological polar surface area (TPSA) is 89.0 Å². The zero-order chi connectivity index (χ0) is 23.9. The minimum atomic E-state index is -0.873. The van der Waals surface area contributed by atoms with Crippen LogP contribution >= 0.6 is 22.9 Å². The Balaban J connectivity index is 1.93. The maximum absolute atomic E-state index is 13.2. The number of halogens is 1. The second-order valence-electron chi connectivity index (χ2n) is 7.43. The first-order valence-corrected chi connectivity index (χ1v) is 11.2. The fourth-order valence-electron chi connectivity index (χ4n) is 3.66. The summed E-state index contributed by atoms with van der Waals surface area (Å²) in [5.74, 6) is -0.838. The number of ketones is 1. The molecule has 0 bridgehead atoms. The molecule has 1 aliphatic rings. The van der Waals surface area contributed by atoms with Gasteiger partial charge in [0.05, 0.1) is 36.6 Å². The van der Waals surface area contributed by atoms with Gasteiger partial charge in [0, 0.05) is 10.4 Å². The van der Waals surface area contributed by atoms with Gasteiger partial charge in [-0.05, 0) is 49.7 Å². The zero-order valence-corrected chi connectivity index (χ0v) is 20.0. The summed E-state index contributed by atoms with van der Waals surface area (Å²) in [5, 5.41) is 11.8. The van der Waals surface area contributed by atoms with Crippen LogP contribution in [0.1, 0.15) is 27.7 Å². The van der Waals surface area contributed by atoms with Crippen molar-refractivity contribution in [3.63, 3.8) is 0 Å². The molecule has 1 amide bonds. The number of carbonyl (C=O) groups is 2. The quantitative estimate of drug-likeness (QED) is 0.309. The minimum Gasteiger partial charge on any atom is -0.507 e. The van der Waals surface area contributed by atoms with Gasteiger partial charge in [0.25, 0.3) is 5.78 Å². The summed E-state index contributed by atoms with van der Waals surface area (Å²) in [7, 11) is 3.03. The highest BCUT2D eigenvalue weighted by Crippen LogP contribution is 2.44. The number of aryl methyl sites for hydroxylation is 2. The van der Waals surface area contributed by atoms with E-state index in [0.717, 1.165) is 10.6 Å². The molecule has 0 aliphatic carbocycles. The lowest BCUT2D eigenvalue weighted by Crippen LogP contribution is -2.29. The van der Waals surface area contributed by atoms with Gasteiger partial charge in [-0.15, -0.1) is 11.3 Å².